The molecule has 0 unspecified atom stereocenters. The van der Waals surface area contributed by atoms with Crippen molar-refractivity contribution in [3.63, 3.8) is 0 Å². The van der Waals surface area contributed by atoms with Gasteiger partial charge in [0.15, 0.2) is 0 Å². The summed E-state index contributed by atoms with van der Waals surface area (Å²) in [5, 5.41) is 0. The summed E-state index contributed by atoms with van der Waals surface area (Å²) in [6, 6.07) is 0. The molecule has 0 aromatic rings. The van der Waals surface area contributed by atoms with Crippen LogP contribution in [-0.4, -0.2) is 37.7 Å². The molecule has 2 nitrogen and oxygen atoms in total. The molecule has 0 spiro atoms. The van der Waals surface area contributed by atoms with Gasteiger partial charge in [-0.25, -0.2) is 0 Å². The number of hydrogen-bond donors (Lipinski definition) is 0. The van der Waals surface area contributed by atoms with E-state index >= 15 is 0 Å². The second-order valence-electron chi connectivity index (χ2n) is 3.12. The second kappa shape index (κ2) is 6.21. The van der Waals surface area contributed by atoms with E-state index in [-0.39, 0.29) is 0 Å². The molecule has 0 bridgehead atoms. The third kappa shape index (κ3) is 3.88. The molecule has 0 amide bonds. The lowest BCUT2D eigenvalue weighted by molar-refractivity contribution is 0.0387. The molecule has 0 aromatic heterocycles. The molecular formula is C10H19NO. The normalized spacial score (nSPS) is 20.4. The van der Waals surface area contributed by atoms with E-state index in [9.17, 15) is 0 Å². The van der Waals surface area contributed by atoms with Gasteiger partial charge in [0.2, 0.25) is 0 Å². The van der Waals surface area contributed by atoms with Crippen molar-refractivity contribution < 1.29 is 4.74 Å². The highest BCUT2D eigenvalue weighted by Crippen LogP contribution is 1.98. The lowest BCUT2D eigenvalue weighted by Crippen LogP contribution is -2.36. The van der Waals surface area contributed by atoms with Gasteiger partial charge in [-0.2, -0.15) is 0 Å². The summed E-state index contributed by atoms with van der Waals surface area (Å²) in [6.45, 7) is 7.42. The first-order chi connectivity index (χ1) is 5.93. The van der Waals surface area contributed by atoms with Gasteiger partial charge in [-0.3, -0.25) is 4.90 Å². The Morgan fingerprint density at radius 2 is 2.00 bits per heavy atom. The highest BCUT2D eigenvalue weighted by Gasteiger charge is 2.07. The molecule has 12 heavy (non-hydrogen) atoms. The van der Waals surface area contributed by atoms with Crippen LogP contribution in [0.3, 0.4) is 0 Å². The molecule has 70 valence electrons. The molecule has 1 fully saturated rings. The summed E-state index contributed by atoms with van der Waals surface area (Å²) in [5.74, 6) is 0. The minimum atomic E-state index is 0.914. The smallest absolute Gasteiger partial charge is 0.0594 e. The van der Waals surface area contributed by atoms with Gasteiger partial charge in [-0.05, 0) is 12.8 Å². The second-order valence-corrected chi connectivity index (χ2v) is 3.12. The maximum absolute atomic E-state index is 5.27. The lowest BCUT2D eigenvalue weighted by atomic mass is 10.3. The Morgan fingerprint density at radius 1 is 1.25 bits per heavy atom. The highest BCUT2D eigenvalue weighted by molar-refractivity contribution is 4.81. The number of hydrogen-bond acceptors (Lipinski definition) is 2. The van der Waals surface area contributed by atoms with Gasteiger partial charge in [-0.1, -0.05) is 19.1 Å². The van der Waals surface area contributed by atoms with Crippen LogP contribution in [0.1, 0.15) is 19.8 Å². The van der Waals surface area contributed by atoms with Crippen molar-refractivity contribution in [2.24, 2.45) is 0 Å². The standard InChI is InChI=1S/C10H19NO/c1-2-3-4-5-6-11-7-9-12-10-8-11/h3-4H,2,5-10H2,1H3/b4-3-. The van der Waals surface area contributed by atoms with Gasteiger partial charge in [0.25, 0.3) is 0 Å². The van der Waals surface area contributed by atoms with Crippen LogP contribution in [0.15, 0.2) is 12.2 Å². The summed E-state index contributed by atoms with van der Waals surface area (Å²) in [7, 11) is 0. The van der Waals surface area contributed by atoms with Gasteiger partial charge in [0, 0.05) is 19.6 Å². The van der Waals surface area contributed by atoms with Crippen molar-refractivity contribution in [2.75, 3.05) is 32.8 Å². The molecule has 1 aliphatic rings. The topological polar surface area (TPSA) is 12.5 Å². The molecule has 2 heteroatoms. The number of morpholine rings is 1. The van der Waals surface area contributed by atoms with Gasteiger partial charge < -0.3 is 4.74 Å². The fourth-order valence-electron chi connectivity index (χ4n) is 1.37. The summed E-state index contributed by atoms with van der Waals surface area (Å²) in [5.41, 5.74) is 0. The first kappa shape index (κ1) is 9.75. The van der Waals surface area contributed by atoms with E-state index in [0.29, 0.717) is 0 Å². The monoisotopic (exact) mass is 169 g/mol. The van der Waals surface area contributed by atoms with E-state index in [1.54, 1.807) is 0 Å². The first-order valence-electron chi connectivity index (χ1n) is 4.88. The van der Waals surface area contributed by atoms with Gasteiger partial charge in [0.1, 0.15) is 0 Å². The van der Waals surface area contributed by atoms with E-state index < -0.39 is 0 Å². The third-order valence-corrected chi connectivity index (χ3v) is 2.12. The van der Waals surface area contributed by atoms with Crippen LogP contribution >= 0.6 is 0 Å². The zero-order chi connectivity index (χ0) is 8.65. The van der Waals surface area contributed by atoms with Crippen LogP contribution in [0.5, 0.6) is 0 Å². The van der Waals surface area contributed by atoms with E-state index in [1.807, 2.05) is 0 Å². The van der Waals surface area contributed by atoms with Gasteiger partial charge in [0.05, 0.1) is 13.2 Å². The van der Waals surface area contributed by atoms with Crippen molar-refractivity contribution >= 4 is 0 Å². The lowest BCUT2D eigenvalue weighted by Gasteiger charge is -2.25. The van der Waals surface area contributed by atoms with Crippen LogP contribution in [0.4, 0.5) is 0 Å². The van der Waals surface area contributed by atoms with E-state index in [0.717, 1.165) is 32.7 Å². The Bertz CT molecular complexity index is 128. The maximum Gasteiger partial charge on any atom is 0.0594 e. The predicted octanol–water partition coefficient (Wildman–Crippen LogP) is 1.67. The molecule has 0 N–H and O–H groups in total. The number of nitrogens with zero attached hydrogens (tertiary/aromatic N) is 1. The van der Waals surface area contributed by atoms with E-state index in [2.05, 4.69) is 24.0 Å². The molecule has 1 heterocycles. The average molecular weight is 169 g/mol. The van der Waals surface area contributed by atoms with Crippen LogP contribution in [0.25, 0.3) is 0 Å². The van der Waals surface area contributed by atoms with Crippen LogP contribution < -0.4 is 0 Å². The number of ether oxygens (including phenoxy) is 1. The molecule has 0 aromatic carbocycles. The molecule has 1 aliphatic heterocycles. The maximum atomic E-state index is 5.27. The SMILES string of the molecule is CC/C=C\CCN1CCOCC1. The summed E-state index contributed by atoms with van der Waals surface area (Å²) in [4.78, 5) is 2.46. The Kier molecular flexibility index (Phi) is 5.04. The van der Waals surface area contributed by atoms with Crippen molar-refractivity contribution in [1.29, 1.82) is 0 Å². The van der Waals surface area contributed by atoms with E-state index in [1.165, 1.54) is 13.0 Å². The number of rotatable bonds is 4. The Morgan fingerprint density at radius 3 is 2.67 bits per heavy atom. The van der Waals surface area contributed by atoms with Crippen molar-refractivity contribution in [2.45, 2.75) is 19.8 Å². The van der Waals surface area contributed by atoms with Gasteiger partial charge in [-0.15, -0.1) is 0 Å². The Balaban J connectivity index is 2.01. The highest BCUT2D eigenvalue weighted by atomic mass is 16.5. The fraction of sp³-hybridized carbons (Fsp3) is 0.800. The molecule has 0 aliphatic carbocycles. The average Bonchev–Trinajstić information content (AvgIpc) is 2.14. The third-order valence-electron chi connectivity index (χ3n) is 2.12. The summed E-state index contributed by atoms with van der Waals surface area (Å²) < 4.78 is 5.27. The summed E-state index contributed by atoms with van der Waals surface area (Å²) in [6.07, 6.45) is 6.85. The van der Waals surface area contributed by atoms with Crippen LogP contribution in [0.2, 0.25) is 0 Å². The Hall–Kier alpha value is -0.340. The largest absolute Gasteiger partial charge is 0.379 e. The minimum Gasteiger partial charge on any atom is -0.379 e. The van der Waals surface area contributed by atoms with Crippen molar-refractivity contribution in [3.05, 3.63) is 12.2 Å². The predicted molar refractivity (Wildman–Crippen MR) is 51.3 cm³/mol. The Labute approximate surface area is 75.2 Å². The molecule has 1 rings (SSSR count). The zero-order valence-corrected chi connectivity index (χ0v) is 7.96. The molecular weight excluding hydrogens is 150 g/mol. The zero-order valence-electron chi connectivity index (χ0n) is 7.96. The van der Waals surface area contributed by atoms with Crippen molar-refractivity contribution in [1.82, 2.24) is 4.90 Å². The summed E-state index contributed by atoms with van der Waals surface area (Å²) >= 11 is 0. The molecule has 0 radical (unpaired) electrons. The van der Waals surface area contributed by atoms with Gasteiger partial charge >= 0.3 is 0 Å². The first-order valence-corrected chi connectivity index (χ1v) is 4.88. The van der Waals surface area contributed by atoms with Crippen LogP contribution in [0, 0.1) is 0 Å². The fourth-order valence-corrected chi connectivity index (χ4v) is 1.37. The van der Waals surface area contributed by atoms with E-state index in [4.69, 9.17) is 4.74 Å². The molecule has 1 saturated heterocycles. The number of allylic oxidation sites excluding steroid dienone is 1. The van der Waals surface area contributed by atoms with Crippen LogP contribution in [-0.2, 0) is 4.74 Å². The molecule has 0 atom stereocenters. The quantitative estimate of drug-likeness (QED) is 0.594. The van der Waals surface area contributed by atoms with Crippen molar-refractivity contribution in [3.8, 4) is 0 Å². The molecule has 0 saturated carbocycles. The minimum absolute atomic E-state index is 0.914.